The SMILES string of the molecule is O=C(NCCN1CCCCC1)c1cccc([N+](=O)[O-])c1. The average Bonchev–Trinajstić information content (AvgIpc) is 2.48. The number of hydrogen-bond donors (Lipinski definition) is 1. The molecule has 1 aliphatic heterocycles. The molecule has 1 N–H and O–H groups in total. The van der Waals surface area contributed by atoms with E-state index in [0.717, 1.165) is 19.6 Å². The number of piperidine rings is 1. The predicted molar refractivity (Wildman–Crippen MR) is 75.7 cm³/mol. The minimum atomic E-state index is -0.496. The minimum Gasteiger partial charge on any atom is -0.351 e. The Bertz CT molecular complexity index is 484. The molecule has 20 heavy (non-hydrogen) atoms. The van der Waals surface area contributed by atoms with Crippen LogP contribution in [0.5, 0.6) is 0 Å². The predicted octanol–water partition coefficient (Wildman–Crippen LogP) is 1.81. The molecule has 108 valence electrons. The van der Waals surface area contributed by atoms with Gasteiger partial charge in [-0.2, -0.15) is 0 Å². The standard InChI is InChI=1S/C14H19N3O3/c18-14(12-5-4-6-13(11-12)17(19)20)15-7-10-16-8-2-1-3-9-16/h4-6,11H,1-3,7-10H2,(H,15,18). The fourth-order valence-electron chi connectivity index (χ4n) is 2.37. The van der Waals surface area contributed by atoms with Gasteiger partial charge in [0.15, 0.2) is 0 Å². The van der Waals surface area contributed by atoms with Crippen LogP contribution >= 0.6 is 0 Å². The number of rotatable bonds is 5. The lowest BCUT2D eigenvalue weighted by Crippen LogP contribution is -2.37. The Labute approximate surface area is 117 Å². The molecule has 6 nitrogen and oxygen atoms in total. The Morgan fingerprint density at radius 2 is 2.05 bits per heavy atom. The van der Waals surface area contributed by atoms with Crippen LogP contribution in [0.3, 0.4) is 0 Å². The summed E-state index contributed by atoms with van der Waals surface area (Å²) in [6.45, 7) is 3.58. The lowest BCUT2D eigenvalue weighted by atomic mass is 10.1. The molecule has 1 fully saturated rings. The number of carbonyl (C=O) groups is 1. The number of nitrogens with zero attached hydrogens (tertiary/aromatic N) is 2. The van der Waals surface area contributed by atoms with Gasteiger partial charge in [-0.15, -0.1) is 0 Å². The molecule has 1 aliphatic rings. The highest BCUT2D eigenvalue weighted by Gasteiger charge is 2.12. The quantitative estimate of drug-likeness (QED) is 0.658. The Balaban J connectivity index is 1.82. The van der Waals surface area contributed by atoms with Crippen LogP contribution in [0, 0.1) is 10.1 Å². The van der Waals surface area contributed by atoms with E-state index in [-0.39, 0.29) is 11.6 Å². The van der Waals surface area contributed by atoms with Crippen LogP contribution in [0.4, 0.5) is 5.69 Å². The Kier molecular flexibility index (Phi) is 5.06. The van der Waals surface area contributed by atoms with Crippen LogP contribution in [0.1, 0.15) is 29.6 Å². The van der Waals surface area contributed by atoms with Crippen molar-refractivity contribution in [1.82, 2.24) is 10.2 Å². The van der Waals surface area contributed by atoms with E-state index in [9.17, 15) is 14.9 Å². The van der Waals surface area contributed by atoms with Gasteiger partial charge in [0.2, 0.25) is 0 Å². The highest BCUT2D eigenvalue weighted by molar-refractivity contribution is 5.94. The zero-order valence-corrected chi connectivity index (χ0v) is 11.4. The maximum atomic E-state index is 11.9. The molecule has 2 rings (SSSR count). The van der Waals surface area contributed by atoms with Gasteiger partial charge >= 0.3 is 0 Å². The van der Waals surface area contributed by atoms with Gasteiger partial charge in [0.25, 0.3) is 11.6 Å². The molecule has 0 radical (unpaired) electrons. The molecule has 1 heterocycles. The average molecular weight is 277 g/mol. The van der Waals surface area contributed by atoms with Gasteiger partial charge in [0, 0.05) is 30.8 Å². The van der Waals surface area contributed by atoms with Crippen molar-refractivity contribution in [3.63, 3.8) is 0 Å². The zero-order valence-electron chi connectivity index (χ0n) is 11.4. The van der Waals surface area contributed by atoms with E-state index in [0.29, 0.717) is 12.1 Å². The maximum absolute atomic E-state index is 11.9. The van der Waals surface area contributed by atoms with Gasteiger partial charge in [-0.05, 0) is 32.0 Å². The van der Waals surface area contributed by atoms with Crippen molar-refractivity contribution < 1.29 is 9.72 Å². The highest BCUT2D eigenvalue weighted by atomic mass is 16.6. The molecule has 1 aromatic rings. The fourth-order valence-corrected chi connectivity index (χ4v) is 2.37. The van der Waals surface area contributed by atoms with Gasteiger partial charge in [0.05, 0.1) is 4.92 Å². The molecule has 1 aromatic carbocycles. The zero-order chi connectivity index (χ0) is 14.4. The summed E-state index contributed by atoms with van der Waals surface area (Å²) in [5, 5.41) is 13.5. The Morgan fingerprint density at radius 3 is 2.75 bits per heavy atom. The Morgan fingerprint density at radius 1 is 1.30 bits per heavy atom. The molecule has 0 spiro atoms. The number of amides is 1. The fraction of sp³-hybridized carbons (Fsp3) is 0.500. The number of nitro benzene ring substituents is 1. The third-order valence-electron chi connectivity index (χ3n) is 3.48. The van der Waals surface area contributed by atoms with Crippen LogP contribution in [0.2, 0.25) is 0 Å². The van der Waals surface area contributed by atoms with Gasteiger partial charge in [-0.1, -0.05) is 12.5 Å². The van der Waals surface area contributed by atoms with Crippen molar-refractivity contribution in [3.05, 3.63) is 39.9 Å². The van der Waals surface area contributed by atoms with E-state index in [2.05, 4.69) is 10.2 Å². The number of benzene rings is 1. The molecule has 0 bridgehead atoms. The summed E-state index contributed by atoms with van der Waals surface area (Å²) in [5.41, 5.74) is 0.270. The first-order chi connectivity index (χ1) is 9.66. The molecule has 0 atom stereocenters. The van der Waals surface area contributed by atoms with Gasteiger partial charge in [-0.25, -0.2) is 0 Å². The third kappa shape index (κ3) is 4.03. The van der Waals surface area contributed by atoms with Crippen molar-refractivity contribution in [3.8, 4) is 0 Å². The van der Waals surface area contributed by atoms with E-state index in [1.165, 1.54) is 37.5 Å². The van der Waals surface area contributed by atoms with Crippen molar-refractivity contribution in [2.75, 3.05) is 26.2 Å². The lowest BCUT2D eigenvalue weighted by molar-refractivity contribution is -0.384. The summed E-state index contributed by atoms with van der Waals surface area (Å²) >= 11 is 0. The van der Waals surface area contributed by atoms with E-state index in [4.69, 9.17) is 0 Å². The first-order valence-electron chi connectivity index (χ1n) is 6.92. The number of non-ortho nitro benzene ring substituents is 1. The number of carbonyl (C=O) groups excluding carboxylic acids is 1. The van der Waals surface area contributed by atoms with E-state index < -0.39 is 4.92 Å². The van der Waals surface area contributed by atoms with Crippen LogP contribution in [0.15, 0.2) is 24.3 Å². The van der Waals surface area contributed by atoms with E-state index in [1.807, 2.05) is 0 Å². The van der Waals surface area contributed by atoms with Gasteiger partial charge in [0.1, 0.15) is 0 Å². The largest absolute Gasteiger partial charge is 0.351 e. The first-order valence-corrected chi connectivity index (χ1v) is 6.92. The second kappa shape index (κ2) is 7.00. The smallest absolute Gasteiger partial charge is 0.270 e. The molecule has 1 amide bonds. The molecular weight excluding hydrogens is 258 g/mol. The first kappa shape index (κ1) is 14.5. The molecule has 0 aliphatic carbocycles. The second-order valence-corrected chi connectivity index (χ2v) is 4.97. The molecule has 6 heteroatoms. The van der Waals surface area contributed by atoms with Gasteiger partial charge in [-0.3, -0.25) is 14.9 Å². The number of hydrogen-bond acceptors (Lipinski definition) is 4. The van der Waals surface area contributed by atoms with Crippen LogP contribution < -0.4 is 5.32 Å². The summed E-state index contributed by atoms with van der Waals surface area (Å²) in [6.07, 6.45) is 3.73. The molecular formula is C14H19N3O3. The van der Waals surface area contributed by atoms with Crippen LogP contribution in [-0.2, 0) is 0 Å². The highest BCUT2D eigenvalue weighted by Crippen LogP contribution is 2.13. The number of likely N-dealkylation sites (tertiary alicyclic amines) is 1. The molecule has 0 saturated carbocycles. The van der Waals surface area contributed by atoms with Gasteiger partial charge < -0.3 is 10.2 Å². The summed E-state index contributed by atoms with van der Waals surface area (Å²) in [7, 11) is 0. The topological polar surface area (TPSA) is 75.5 Å². The van der Waals surface area contributed by atoms with Crippen LogP contribution in [-0.4, -0.2) is 41.9 Å². The molecule has 0 aromatic heterocycles. The minimum absolute atomic E-state index is 0.0614. The summed E-state index contributed by atoms with van der Waals surface area (Å²) < 4.78 is 0. The van der Waals surface area contributed by atoms with Crippen molar-refractivity contribution in [2.45, 2.75) is 19.3 Å². The monoisotopic (exact) mass is 277 g/mol. The van der Waals surface area contributed by atoms with Crippen molar-refractivity contribution in [1.29, 1.82) is 0 Å². The number of nitro groups is 1. The van der Waals surface area contributed by atoms with Crippen molar-refractivity contribution in [2.24, 2.45) is 0 Å². The van der Waals surface area contributed by atoms with Crippen LogP contribution in [0.25, 0.3) is 0 Å². The summed E-state index contributed by atoms with van der Waals surface area (Å²) in [6, 6.07) is 5.79. The Hall–Kier alpha value is -1.95. The summed E-state index contributed by atoms with van der Waals surface area (Å²) in [5.74, 6) is -0.259. The normalized spacial score (nSPS) is 15.8. The third-order valence-corrected chi connectivity index (χ3v) is 3.48. The second-order valence-electron chi connectivity index (χ2n) is 4.97. The molecule has 1 saturated heterocycles. The number of nitrogens with one attached hydrogen (secondary N) is 1. The maximum Gasteiger partial charge on any atom is 0.270 e. The van der Waals surface area contributed by atoms with E-state index in [1.54, 1.807) is 6.07 Å². The summed E-state index contributed by atoms with van der Waals surface area (Å²) in [4.78, 5) is 24.4. The van der Waals surface area contributed by atoms with Crippen molar-refractivity contribution >= 4 is 11.6 Å². The van der Waals surface area contributed by atoms with E-state index >= 15 is 0 Å². The molecule has 0 unspecified atom stereocenters. The lowest BCUT2D eigenvalue weighted by Gasteiger charge is -2.26.